The zero-order valence-corrected chi connectivity index (χ0v) is 16.0. The van der Waals surface area contributed by atoms with Crippen LogP contribution < -0.4 is 5.32 Å². The van der Waals surface area contributed by atoms with Crippen molar-refractivity contribution in [1.82, 2.24) is 9.62 Å². The molecule has 2 atom stereocenters. The van der Waals surface area contributed by atoms with Gasteiger partial charge < -0.3 is 5.32 Å². The second-order valence-corrected chi connectivity index (χ2v) is 8.75. The van der Waals surface area contributed by atoms with Crippen molar-refractivity contribution in [3.8, 4) is 0 Å². The fourth-order valence-corrected chi connectivity index (χ4v) is 5.90. The molecule has 1 aromatic rings. The van der Waals surface area contributed by atoms with Crippen LogP contribution in [0.3, 0.4) is 0 Å². The summed E-state index contributed by atoms with van der Waals surface area (Å²) < 4.78 is 28.2. The van der Waals surface area contributed by atoms with Gasteiger partial charge in [-0.25, -0.2) is 8.42 Å². The van der Waals surface area contributed by atoms with Gasteiger partial charge in [0.1, 0.15) is 0 Å². The highest BCUT2D eigenvalue weighted by molar-refractivity contribution is 7.89. The molecule has 2 bridgehead atoms. The Bertz CT molecular complexity index is 677. The third-order valence-electron chi connectivity index (χ3n) is 5.38. The van der Waals surface area contributed by atoms with Crippen molar-refractivity contribution in [1.29, 1.82) is 0 Å². The average molecular weight is 359 g/mol. The van der Waals surface area contributed by atoms with Gasteiger partial charge in [-0.2, -0.15) is 4.31 Å². The third-order valence-corrected chi connectivity index (χ3v) is 7.52. The van der Waals surface area contributed by atoms with Crippen LogP contribution in [0.4, 0.5) is 0 Å². The summed E-state index contributed by atoms with van der Waals surface area (Å²) in [6, 6.07) is 2.88. The predicted molar refractivity (Wildman–Crippen MR) is 96.0 cm³/mol. The molecule has 0 radical (unpaired) electrons. The molecule has 2 unspecified atom stereocenters. The number of benzene rings is 1. The molecule has 0 aromatic heterocycles. The van der Waals surface area contributed by atoms with Gasteiger partial charge in [0, 0.05) is 25.2 Å². The van der Waals surface area contributed by atoms with E-state index in [9.17, 15) is 8.42 Å². The Morgan fingerprint density at radius 1 is 1.00 bits per heavy atom. The number of rotatable bonds is 2. The van der Waals surface area contributed by atoms with E-state index in [0.29, 0.717) is 30.1 Å². The van der Waals surface area contributed by atoms with Gasteiger partial charge in [-0.3, -0.25) is 0 Å². The number of hydrogen-bond donors (Lipinski definition) is 1. The zero-order chi connectivity index (χ0) is 16.1. The molecular formula is C17H27ClN2O2S. The summed E-state index contributed by atoms with van der Waals surface area (Å²) in [6.07, 6.45) is 3.18. The van der Waals surface area contributed by atoms with E-state index in [4.69, 9.17) is 0 Å². The molecule has 4 nitrogen and oxygen atoms in total. The number of nitrogens with one attached hydrogen (secondary N) is 1. The maximum absolute atomic E-state index is 13.3. The molecule has 1 aromatic carbocycles. The number of sulfonamides is 1. The fourth-order valence-electron chi connectivity index (χ4n) is 3.83. The molecule has 130 valence electrons. The van der Waals surface area contributed by atoms with Gasteiger partial charge in [0.15, 0.2) is 0 Å². The third kappa shape index (κ3) is 3.29. The van der Waals surface area contributed by atoms with Crippen LogP contribution >= 0.6 is 12.4 Å². The zero-order valence-electron chi connectivity index (χ0n) is 14.3. The Balaban J connectivity index is 0.00000192. The first-order valence-electron chi connectivity index (χ1n) is 8.14. The van der Waals surface area contributed by atoms with Crippen molar-refractivity contribution >= 4 is 22.4 Å². The van der Waals surface area contributed by atoms with E-state index in [-0.39, 0.29) is 12.4 Å². The molecule has 0 aliphatic carbocycles. The molecule has 2 heterocycles. The van der Waals surface area contributed by atoms with Crippen LogP contribution in [0.15, 0.2) is 11.0 Å². The van der Waals surface area contributed by atoms with E-state index in [1.165, 1.54) is 6.42 Å². The highest BCUT2D eigenvalue weighted by Gasteiger charge is 2.36. The van der Waals surface area contributed by atoms with Crippen LogP contribution in [-0.2, 0) is 10.0 Å². The van der Waals surface area contributed by atoms with E-state index in [1.807, 2.05) is 27.7 Å². The number of fused-ring (bicyclic) bond motifs is 2. The topological polar surface area (TPSA) is 49.4 Å². The van der Waals surface area contributed by atoms with Gasteiger partial charge in [0.25, 0.3) is 0 Å². The van der Waals surface area contributed by atoms with Crippen LogP contribution in [0, 0.1) is 27.7 Å². The Labute approximate surface area is 146 Å². The smallest absolute Gasteiger partial charge is 0.243 e. The minimum Gasteiger partial charge on any atom is -0.310 e. The standard InChI is InChI=1S/C17H26N2O2S.ClH/c1-11-9-12(2)14(4)17(13(11)3)22(20,21)19-8-7-15-5-6-16(10-19)18-15;/h9,15-16,18H,5-8,10H2,1-4H3;1H. The van der Waals surface area contributed by atoms with Crippen molar-refractivity contribution in [2.24, 2.45) is 0 Å². The molecule has 0 spiro atoms. The summed E-state index contributed by atoms with van der Waals surface area (Å²) in [5.74, 6) is 0. The Hall–Kier alpha value is -0.620. The monoisotopic (exact) mass is 358 g/mol. The van der Waals surface area contributed by atoms with Crippen LogP contribution in [0.1, 0.15) is 41.5 Å². The lowest BCUT2D eigenvalue weighted by molar-refractivity contribution is 0.383. The number of aryl methyl sites for hydroxylation is 2. The first kappa shape index (κ1) is 18.7. The largest absolute Gasteiger partial charge is 0.310 e. The summed E-state index contributed by atoms with van der Waals surface area (Å²) >= 11 is 0. The summed E-state index contributed by atoms with van der Waals surface area (Å²) in [5.41, 5.74) is 3.89. The molecule has 1 N–H and O–H groups in total. The average Bonchev–Trinajstić information content (AvgIpc) is 2.75. The number of halogens is 1. The van der Waals surface area contributed by atoms with Crippen molar-refractivity contribution in [2.45, 2.75) is 63.9 Å². The highest BCUT2D eigenvalue weighted by Crippen LogP contribution is 2.31. The SMILES string of the molecule is Cc1cc(C)c(C)c(S(=O)(=O)N2CCC3CCC(C2)N3)c1C.Cl. The second kappa shape index (κ2) is 6.71. The highest BCUT2D eigenvalue weighted by atomic mass is 35.5. The predicted octanol–water partition coefficient (Wildman–Crippen LogP) is 2.86. The van der Waals surface area contributed by atoms with Crippen LogP contribution in [0.5, 0.6) is 0 Å². The van der Waals surface area contributed by atoms with Gasteiger partial charge in [-0.1, -0.05) is 6.07 Å². The van der Waals surface area contributed by atoms with Crippen molar-refractivity contribution in [3.05, 3.63) is 28.3 Å². The maximum atomic E-state index is 13.3. The summed E-state index contributed by atoms with van der Waals surface area (Å²) in [4.78, 5) is 0.530. The van der Waals surface area contributed by atoms with Crippen LogP contribution in [-0.4, -0.2) is 37.9 Å². The Morgan fingerprint density at radius 2 is 1.57 bits per heavy atom. The molecule has 0 amide bonds. The molecule has 2 aliphatic rings. The minimum absolute atomic E-state index is 0. The van der Waals surface area contributed by atoms with Gasteiger partial charge in [-0.15, -0.1) is 12.4 Å². The maximum Gasteiger partial charge on any atom is 0.243 e. The molecule has 6 heteroatoms. The number of hydrogen-bond acceptors (Lipinski definition) is 3. The molecule has 2 aliphatic heterocycles. The quantitative estimate of drug-likeness (QED) is 0.884. The lowest BCUT2D eigenvalue weighted by atomic mass is 10.0. The van der Waals surface area contributed by atoms with Crippen molar-refractivity contribution in [3.63, 3.8) is 0 Å². The molecule has 2 saturated heterocycles. The molecule has 23 heavy (non-hydrogen) atoms. The first-order valence-corrected chi connectivity index (χ1v) is 9.58. The van der Waals surface area contributed by atoms with E-state index in [2.05, 4.69) is 11.4 Å². The molecule has 0 saturated carbocycles. The van der Waals surface area contributed by atoms with E-state index < -0.39 is 10.0 Å². The van der Waals surface area contributed by atoms with Gasteiger partial charge >= 0.3 is 0 Å². The van der Waals surface area contributed by atoms with Gasteiger partial charge in [0.05, 0.1) is 4.90 Å². The molecule has 2 fully saturated rings. The van der Waals surface area contributed by atoms with E-state index >= 15 is 0 Å². The van der Waals surface area contributed by atoms with E-state index in [1.54, 1.807) is 4.31 Å². The first-order chi connectivity index (χ1) is 10.3. The van der Waals surface area contributed by atoms with Crippen LogP contribution in [0.25, 0.3) is 0 Å². The van der Waals surface area contributed by atoms with Gasteiger partial charge in [-0.05, 0) is 69.2 Å². The second-order valence-electron chi connectivity index (χ2n) is 6.88. The number of nitrogens with zero attached hydrogens (tertiary/aromatic N) is 1. The van der Waals surface area contributed by atoms with Crippen molar-refractivity contribution < 1.29 is 8.42 Å². The van der Waals surface area contributed by atoms with Gasteiger partial charge in [0.2, 0.25) is 10.0 Å². The fraction of sp³-hybridized carbons (Fsp3) is 0.647. The minimum atomic E-state index is -3.42. The lowest BCUT2D eigenvalue weighted by Crippen LogP contribution is -2.39. The summed E-state index contributed by atoms with van der Waals surface area (Å²) in [6.45, 7) is 9.07. The summed E-state index contributed by atoms with van der Waals surface area (Å²) in [5, 5.41) is 3.55. The lowest BCUT2D eigenvalue weighted by Gasteiger charge is -2.26. The molecular weight excluding hydrogens is 332 g/mol. The van der Waals surface area contributed by atoms with Crippen molar-refractivity contribution in [2.75, 3.05) is 13.1 Å². The molecule has 3 rings (SSSR count). The normalized spacial score (nSPS) is 25.0. The summed E-state index contributed by atoms with van der Waals surface area (Å²) in [7, 11) is -3.42. The Morgan fingerprint density at radius 3 is 2.17 bits per heavy atom. The van der Waals surface area contributed by atoms with E-state index in [0.717, 1.165) is 35.1 Å². The van der Waals surface area contributed by atoms with Crippen LogP contribution in [0.2, 0.25) is 0 Å². The Kier molecular flexibility index (Phi) is 5.46.